The van der Waals surface area contributed by atoms with E-state index in [2.05, 4.69) is 0 Å². The molecule has 8 heteroatoms. The van der Waals surface area contributed by atoms with Crippen LogP contribution in [0.25, 0.3) is 0 Å². The van der Waals surface area contributed by atoms with Gasteiger partial charge in [-0.1, -0.05) is 12.1 Å². The van der Waals surface area contributed by atoms with Crippen LogP contribution in [0.4, 0.5) is 5.69 Å². The molecule has 122 valence electrons. The van der Waals surface area contributed by atoms with Gasteiger partial charge in [0.2, 0.25) is 0 Å². The number of nitrogens with zero attached hydrogens (tertiary/aromatic N) is 2. The first kappa shape index (κ1) is 15.6. The van der Waals surface area contributed by atoms with Crippen LogP contribution in [-0.2, 0) is 35.2 Å². The molecule has 3 rings (SSSR count). The summed E-state index contributed by atoms with van der Waals surface area (Å²) in [5, 5.41) is 0.490. The van der Waals surface area contributed by atoms with Gasteiger partial charge in [-0.05, 0) is 17.7 Å². The van der Waals surface area contributed by atoms with Crippen molar-refractivity contribution >= 4 is 35.3 Å². The molecule has 0 unspecified atom stereocenters. The van der Waals surface area contributed by atoms with Gasteiger partial charge in [0, 0.05) is 25.0 Å². The highest BCUT2D eigenvalue weighted by Gasteiger charge is 2.32. The maximum atomic E-state index is 11.8. The molecular weight excluding hydrogens is 316 g/mol. The molecule has 0 bridgehead atoms. The zero-order valence-electron chi connectivity index (χ0n) is 12.4. The molecule has 1 aromatic carbocycles. The largest absolute Gasteiger partial charge is 0.337 e. The Balaban J connectivity index is 1.63. The van der Waals surface area contributed by atoms with Gasteiger partial charge in [-0.25, -0.2) is 9.69 Å². The van der Waals surface area contributed by atoms with Crippen LogP contribution in [0.2, 0.25) is 0 Å². The predicted molar refractivity (Wildman–Crippen MR) is 79.0 cm³/mol. The fourth-order valence-corrected chi connectivity index (χ4v) is 2.38. The van der Waals surface area contributed by atoms with E-state index in [4.69, 9.17) is 4.84 Å². The van der Waals surface area contributed by atoms with Gasteiger partial charge in [-0.2, -0.15) is 0 Å². The Kier molecular flexibility index (Phi) is 3.95. The van der Waals surface area contributed by atoms with E-state index < -0.39 is 29.6 Å². The molecule has 2 aliphatic heterocycles. The average Bonchev–Trinajstić information content (AvgIpc) is 3.04. The summed E-state index contributed by atoms with van der Waals surface area (Å²) in [6.07, 6.45) is 2.27. The Morgan fingerprint density at radius 3 is 2.00 bits per heavy atom. The Bertz CT molecular complexity index is 746. The van der Waals surface area contributed by atoms with Crippen molar-refractivity contribution in [2.45, 2.75) is 19.3 Å². The maximum Gasteiger partial charge on any atom is 0.337 e. The molecule has 4 amide bonds. The van der Waals surface area contributed by atoms with Crippen molar-refractivity contribution in [2.75, 3.05) is 4.90 Å². The summed E-state index contributed by atoms with van der Waals surface area (Å²) < 4.78 is 0. The minimum Gasteiger partial charge on any atom is -0.330 e. The summed E-state index contributed by atoms with van der Waals surface area (Å²) in [7, 11) is 0. The SMILES string of the molecule is O=C(Cc1ccc(N2C(=O)C=CC2=O)cc1)ON1C(=O)CCC1=O. The number of carbonyl (C=O) groups is 5. The summed E-state index contributed by atoms with van der Waals surface area (Å²) in [5.74, 6) is -2.69. The van der Waals surface area contributed by atoms with Gasteiger partial charge in [0.1, 0.15) is 0 Å². The van der Waals surface area contributed by atoms with E-state index >= 15 is 0 Å². The number of imide groups is 2. The predicted octanol–water partition coefficient (Wildman–Crippen LogP) is 0.266. The van der Waals surface area contributed by atoms with Gasteiger partial charge in [-0.3, -0.25) is 19.2 Å². The van der Waals surface area contributed by atoms with Crippen LogP contribution in [-0.4, -0.2) is 34.7 Å². The number of carbonyl (C=O) groups excluding carboxylic acids is 5. The first-order valence-electron chi connectivity index (χ1n) is 7.17. The monoisotopic (exact) mass is 328 g/mol. The van der Waals surface area contributed by atoms with E-state index in [0.29, 0.717) is 16.3 Å². The normalized spacial score (nSPS) is 17.2. The Labute approximate surface area is 136 Å². The van der Waals surface area contributed by atoms with Crippen LogP contribution in [0.5, 0.6) is 0 Å². The van der Waals surface area contributed by atoms with Crippen LogP contribution in [0, 0.1) is 0 Å². The molecule has 0 aliphatic carbocycles. The summed E-state index contributed by atoms with van der Waals surface area (Å²) in [6, 6.07) is 6.17. The minimum absolute atomic E-state index is 0.0345. The molecule has 8 nitrogen and oxygen atoms in total. The van der Waals surface area contributed by atoms with Crippen molar-refractivity contribution in [1.29, 1.82) is 0 Å². The Morgan fingerprint density at radius 1 is 0.917 bits per heavy atom. The summed E-state index contributed by atoms with van der Waals surface area (Å²) in [6.45, 7) is 0. The zero-order valence-corrected chi connectivity index (χ0v) is 12.4. The van der Waals surface area contributed by atoms with Gasteiger partial charge in [-0.15, -0.1) is 5.06 Å². The quantitative estimate of drug-likeness (QED) is 0.735. The molecule has 0 aromatic heterocycles. The Morgan fingerprint density at radius 2 is 1.46 bits per heavy atom. The third kappa shape index (κ3) is 2.94. The Hall–Kier alpha value is -3.29. The van der Waals surface area contributed by atoms with Crippen molar-refractivity contribution in [3.8, 4) is 0 Å². The molecule has 2 aliphatic rings. The third-order valence-corrected chi connectivity index (χ3v) is 3.55. The number of hydrogen-bond acceptors (Lipinski definition) is 6. The number of anilines is 1. The molecule has 1 saturated heterocycles. The minimum atomic E-state index is -0.749. The molecule has 0 spiro atoms. The molecule has 1 fully saturated rings. The lowest BCUT2D eigenvalue weighted by Gasteiger charge is -2.15. The molecule has 24 heavy (non-hydrogen) atoms. The third-order valence-electron chi connectivity index (χ3n) is 3.55. The van der Waals surface area contributed by atoms with Crippen molar-refractivity contribution in [3.63, 3.8) is 0 Å². The van der Waals surface area contributed by atoms with Crippen molar-refractivity contribution < 1.29 is 28.8 Å². The molecular formula is C16H12N2O6. The van der Waals surface area contributed by atoms with Crippen molar-refractivity contribution in [1.82, 2.24) is 5.06 Å². The standard InChI is InChI=1S/C16H12N2O6/c19-12-5-6-13(20)17(12)11-3-1-10(2-4-11)9-16(23)24-18-14(21)7-8-15(18)22/h1-6H,7-9H2. The lowest BCUT2D eigenvalue weighted by Crippen LogP contribution is -2.32. The van der Waals surface area contributed by atoms with Crippen LogP contribution in [0.15, 0.2) is 36.4 Å². The second-order valence-corrected chi connectivity index (χ2v) is 5.23. The average molecular weight is 328 g/mol. The lowest BCUT2D eigenvalue weighted by atomic mass is 10.1. The van der Waals surface area contributed by atoms with E-state index in [9.17, 15) is 24.0 Å². The molecule has 0 N–H and O–H groups in total. The van der Waals surface area contributed by atoms with E-state index in [-0.39, 0.29) is 19.3 Å². The first-order valence-corrected chi connectivity index (χ1v) is 7.17. The molecule has 0 radical (unpaired) electrons. The van der Waals surface area contributed by atoms with Crippen molar-refractivity contribution in [3.05, 3.63) is 42.0 Å². The lowest BCUT2D eigenvalue weighted by molar-refractivity contribution is -0.197. The zero-order chi connectivity index (χ0) is 17.3. The maximum absolute atomic E-state index is 11.8. The fraction of sp³-hybridized carbons (Fsp3) is 0.188. The summed E-state index contributed by atoms with van der Waals surface area (Å²) in [4.78, 5) is 63.5. The van der Waals surface area contributed by atoms with E-state index in [1.807, 2.05) is 0 Å². The highest BCUT2D eigenvalue weighted by molar-refractivity contribution is 6.28. The summed E-state index contributed by atoms with van der Waals surface area (Å²) >= 11 is 0. The second-order valence-electron chi connectivity index (χ2n) is 5.23. The van der Waals surface area contributed by atoms with Gasteiger partial charge in [0.05, 0.1) is 12.1 Å². The van der Waals surface area contributed by atoms with Crippen LogP contribution >= 0.6 is 0 Å². The number of hydroxylamine groups is 2. The summed E-state index contributed by atoms with van der Waals surface area (Å²) in [5.41, 5.74) is 0.937. The van der Waals surface area contributed by atoms with E-state index in [1.165, 1.54) is 24.3 Å². The molecule has 0 atom stereocenters. The number of benzene rings is 1. The molecule has 1 aromatic rings. The second kappa shape index (κ2) is 6.07. The first-order chi connectivity index (χ1) is 11.5. The van der Waals surface area contributed by atoms with Gasteiger partial charge >= 0.3 is 5.97 Å². The fourth-order valence-electron chi connectivity index (χ4n) is 2.38. The van der Waals surface area contributed by atoms with Gasteiger partial charge in [0.15, 0.2) is 0 Å². The van der Waals surface area contributed by atoms with Crippen molar-refractivity contribution in [2.24, 2.45) is 0 Å². The number of hydrogen-bond donors (Lipinski definition) is 0. The highest BCUT2D eigenvalue weighted by atomic mass is 16.7. The van der Waals surface area contributed by atoms with Crippen LogP contribution in [0.1, 0.15) is 18.4 Å². The highest BCUT2D eigenvalue weighted by Crippen LogP contribution is 2.20. The number of rotatable bonds is 4. The van der Waals surface area contributed by atoms with Crippen LogP contribution < -0.4 is 4.90 Å². The van der Waals surface area contributed by atoms with E-state index in [1.54, 1.807) is 12.1 Å². The number of amides is 4. The molecule has 0 saturated carbocycles. The van der Waals surface area contributed by atoms with Gasteiger partial charge < -0.3 is 4.84 Å². The van der Waals surface area contributed by atoms with Crippen LogP contribution in [0.3, 0.4) is 0 Å². The topological polar surface area (TPSA) is 101 Å². The van der Waals surface area contributed by atoms with Gasteiger partial charge in [0.25, 0.3) is 23.6 Å². The molecule has 2 heterocycles. The van der Waals surface area contributed by atoms with E-state index in [0.717, 1.165) is 4.90 Å². The smallest absolute Gasteiger partial charge is 0.330 e.